The minimum atomic E-state index is -0.568. The molecule has 128 valence electrons. The lowest BCUT2D eigenvalue weighted by Crippen LogP contribution is -2.26. The maximum Gasteiger partial charge on any atom is 0.271 e. The molecule has 1 amide bonds. The highest BCUT2D eigenvalue weighted by atomic mass is 35.5. The number of hydrogen-bond acceptors (Lipinski definition) is 6. The molecule has 1 aromatic carbocycles. The average Bonchev–Trinajstić information content (AvgIpc) is 2.56. The number of nitriles is 1. The Bertz CT molecular complexity index is 670. The Morgan fingerprint density at radius 2 is 2.29 bits per heavy atom. The lowest BCUT2D eigenvalue weighted by molar-refractivity contribution is -0.384. The summed E-state index contributed by atoms with van der Waals surface area (Å²) in [7, 11) is 0. The van der Waals surface area contributed by atoms with Crippen molar-refractivity contribution in [1.82, 2.24) is 5.32 Å². The van der Waals surface area contributed by atoms with Crippen LogP contribution >= 0.6 is 11.6 Å². The molecule has 0 aliphatic heterocycles. The Morgan fingerprint density at radius 1 is 1.54 bits per heavy atom. The molecule has 24 heavy (non-hydrogen) atoms. The van der Waals surface area contributed by atoms with Crippen LogP contribution in [-0.4, -0.2) is 30.6 Å². The zero-order valence-corrected chi connectivity index (χ0v) is 13.8. The molecule has 9 heteroatoms. The number of anilines is 1. The number of non-ortho nitro benzene ring substituents is 1. The van der Waals surface area contributed by atoms with E-state index in [0.29, 0.717) is 26.2 Å². The van der Waals surface area contributed by atoms with Gasteiger partial charge in [-0.2, -0.15) is 5.26 Å². The van der Waals surface area contributed by atoms with Gasteiger partial charge in [0.15, 0.2) is 0 Å². The van der Waals surface area contributed by atoms with E-state index in [0.717, 1.165) is 6.20 Å². The summed E-state index contributed by atoms with van der Waals surface area (Å²) in [6.45, 7) is 3.37. The summed E-state index contributed by atoms with van der Waals surface area (Å²) in [5.41, 5.74) is -0.106. The Kier molecular flexibility index (Phi) is 8.25. The number of carbonyl (C=O) groups is 1. The number of nitro groups is 1. The van der Waals surface area contributed by atoms with Gasteiger partial charge in [-0.05, 0) is 19.4 Å². The van der Waals surface area contributed by atoms with Crippen molar-refractivity contribution in [3.8, 4) is 6.07 Å². The molecular weight excluding hydrogens is 336 g/mol. The molecule has 8 nitrogen and oxygen atoms in total. The summed E-state index contributed by atoms with van der Waals surface area (Å²) in [5.74, 6) is -0.553. The first-order valence-corrected chi connectivity index (χ1v) is 7.54. The minimum absolute atomic E-state index is 0.158. The van der Waals surface area contributed by atoms with Gasteiger partial charge in [-0.15, -0.1) is 0 Å². The van der Waals surface area contributed by atoms with Crippen molar-refractivity contribution in [2.75, 3.05) is 25.1 Å². The maximum absolute atomic E-state index is 11.9. The van der Waals surface area contributed by atoms with Gasteiger partial charge in [-0.3, -0.25) is 14.9 Å². The van der Waals surface area contributed by atoms with E-state index in [9.17, 15) is 14.9 Å². The quantitative estimate of drug-likeness (QED) is 0.232. The number of carbonyl (C=O) groups excluding carboxylic acids is 1. The fraction of sp³-hybridized carbons (Fsp3) is 0.333. The van der Waals surface area contributed by atoms with Crippen LogP contribution in [0.15, 0.2) is 30.0 Å². The third-order valence-corrected chi connectivity index (χ3v) is 3.18. The first-order chi connectivity index (χ1) is 11.5. The molecule has 0 aromatic heterocycles. The van der Waals surface area contributed by atoms with E-state index in [1.54, 1.807) is 6.07 Å². The standard InChI is InChI=1S/C15H17ClN4O4/c1-2-24-7-3-6-18-15(21)11(9-17)10-19-14-8-12(20(22)23)4-5-13(14)16/h4-5,8,10,19H,2-3,6-7H2,1H3,(H,18,21)/b11-10-. The van der Waals surface area contributed by atoms with Gasteiger partial charge in [0.25, 0.3) is 11.6 Å². The number of rotatable bonds is 9. The Morgan fingerprint density at radius 3 is 2.92 bits per heavy atom. The van der Waals surface area contributed by atoms with E-state index >= 15 is 0 Å². The molecule has 0 aliphatic rings. The fourth-order valence-corrected chi connectivity index (χ4v) is 1.82. The van der Waals surface area contributed by atoms with E-state index in [1.807, 2.05) is 6.92 Å². The number of nitrogens with one attached hydrogen (secondary N) is 2. The zero-order valence-electron chi connectivity index (χ0n) is 13.0. The molecule has 0 unspecified atom stereocenters. The van der Waals surface area contributed by atoms with Crippen LogP contribution in [0, 0.1) is 21.4 Å². The van der Waals surface area contributed by atoms with Crippen LogP contribution in [0.3, 0.4) is 0 Å². The molecule has 1 rings (SSSR count). The van der Waals surface area contributed by atoms with E-state index in [-0.39, 0.29) is 22.0 Å². The van der Waals surface area contributed by atoms with Gasteiger partial charge < -0.3 is 15.4 Å². The highest BCUT2D eigenvalue weighted by Gasteiger charge is 2.11. The number of nitrogens with zero attached hydrogens (tertiary/aromatic N) is 2. The highest BCUT2D eigenvalue weighted by Crippen LogP contribution is 2.26. The topological polar surface area (TPSA) is 117 Å². The van der Waals surface area contributed by atoms with Crippen molar-refractivity contribution >= 4 is 28.9 Å². The average molecular weight is 353 g/mol. The third-order valence-electron chi connectivity index (χ3n) is 2.85. The van der Waals surface area contributed by atoms with Crippen LogP contribution in [0.5, 0.6) is 0 Å². The largest absolute Gasteiger partial charge is 0.382 e. The third kappa shape index (κ3) is 6.24. The Labute approximate surface area is 144 Å². The van der Waals surface area contributed by atoms with Crippen LogP contribution in [0.1, 0.15) is 13.3 Å². The minimum Gasteiger partial charge on any atom is -0.382 e. The van der Waals surface area contributed by atoms with Gasteiger partial charge in [-0.25, -0.2) is 0 Å². The molecule has 0 spiro atoms. The molecule has 0 radical (unpaired) electrons. The summed E-state index contributed by atoms with van der Waals surface area (Å²) in [6, 6.07) is 5.59. The molecule has 0 bridgehead atoms. The number of amides is 1. The van der Waals surface area contributed by atoms with Crippen LogP contribution in [0.25, 0.3) is 0 Å². The van der Waals surface area contributed by atoms with Crippen molar-refractivity contribution in [2.45, 2.75) is 13.3 Å². The van der Waals surface area contributed by atoms with Gasteiger partial charge in [-0.1, -0.05) is 11.6 Å². The lowest BCUT2D eigenvalue weighted by Gasteiger charge is -2.06. The second kappa shape index (κ2) is 10.2. The zero-order chi connectivity index (χ0) is 17.9. The van der Waals surface area contributed by atoms with Gasteiger partial charge in [0.05, 0.1) is 15.6 Å². The number of hydrogen-bond donors (Lipinski definition) is 2. The first-order valence-electron chi connectivity index (χ1n) is 7.16. The molecule has 0 saturated carbocycles. The van der Waals surface area contributed by atoms with Gasteiger partial charge in [0.2, 0.25) is 0 Å². The fourth-order valence-electron chi connectivity index (χ4n) is 1.65. The van der Waals surface area contributed by atoms with Crippen molar-refractivity contribution in [3.05, 3.63) is 45.1 Å². The van der Waals surface area contributed by atoms with E-state index in [2.05, 4.69) is 10.6 Å². The number of ether oxygens (including phenoxy) is 1. The summed E-state index contributed by atoms with van der Waals surface area (Å²) in [5, 5.41) is 25.2. The summed E-state index contributed by atoms with van der Waals surface area (Å²) >= 11 is 5.93. The second-order valence-corrected chi connectivity index (χ2v) is 4.95. The summed E-state index contributed by atoms with van der Waals surface area (Å²) < 4.78 is 5.14. The molecule has 0 fully saturated rings. The van der Waals surface area contributed by atoms with Crippen LogP contribution in [0.2, 0.25) is 5.02 Å². The van der Waals surface area contributed by atoms with Gasteiger partial charge in [0, 0.05) is 38.1 Å². The van der Waals surface area contributed by atoms with Crippen LogP contribution in [0.4, 0.5) is 11.4 Å². The van der Waals surface area contributed by atoms with Gasteiger partial charge in [0.1, 0.15) is 11.6 Å². The summed E-state index contributed by atoms with van der Waals surface area (Å²) in [4.78, 5) is 22.0. The van der Waals surface area contributed by atoms with E-state index in [4.69, 9.17) is 21.6 Å². The molecule has 1 aromatic rings. The number of benzene rings is 1. The SMILES string of the molecule is CCOCCCNC(=O)/C(C#N)=C\Nc1cc([N+](=O)[O-])ccc1Cl. The maximum atomic E-state index is 11.9. The van der Waals surface area contributed by atoms with Crippen LogP contribution in [-0.2, 0) is 9.53 Å². The van der Waals surface area contributed by atoms with Crippen molar-refractivity contribution in [3.63, 3.8) is 0 Å². The molecule has 0 aliphatic carbocycles. The second-order valence-electron chi connectivity index (χ2n) is 4.54. The van der Waals surface area contributed by atoms with Gasteiger partial charge >= 0.3 is 0 Å². The molecule has 0 atom stereocenters. The molecular formula is C15H17ClN4O4. The van der Waals surface area contributed by atoms with Crippen molar-refractivity contribution in [2.24, 2.45) is 0 Å². The smallest absolute Gasteiger partial charge is 0.271 e. The van der Waals surface area contributed by atoms with E-state index < -0.39 is 10.8 Å². The van der Waals surface area contributed by atoms with Crippen molar-refractivity contribution < 1.29 is 14.5 Å². The normalized spacial score (nSPS) is 10.8. The summed E-state index contributed by atoms with van der Waals surface area (Å²) in [6.07, 6.45) is 1.78. The van der Waals surface area contributed by atoms with E-state index in [1.165, 1.54) is 18.2 Å². The number of nitro benzene ring substituents is 1. The monoisotopic (exact) mass is 352 g/mol. The molecule has 0 heterocycles. The first kappa shape index (κ1) is 19.4. The Balaban J connectivity index is 2.69. The van der Waals surface area contributed by atoms with Crippen molar-refractivity contribution in [1.29, 1.82) is 5.26 Å². The number of halogens is 1. The van der Waals surface area contributed by atoms with Crippen LogP contribution < -0.4 is 10.6 Å². The predicted molar refractivity (Wildman–Crippen MR) is 89.5 cm³/mol. The Hall–Kier alpha value is -2.63. The molecule has 0 saturated heterocycles. The highest BCUT2D eigenvalue weighted by molar-refractivity contribution is 6.33. The molecule has 2 N–H and O–H groups in total. The predicted octanol–water partition coefficient (Wildman–Crippen LogP) is 2.61. The lowest BCUT2D eigenvalue weighted by atomic mass is 10.2.